The van der Waals surface area contributed by atoms with Crippen LogP contribution < -0.4 is 16.6 Å². The zero-order chi connectivity index (χ0) is 22.1. The number of ether oxygens (including phenoxy) is 1. The highest BCUT2D eigenvalue weighted by molar-refractivity contribution is 5.86. The fourth-order valence-corrected chi connectivity index (χ4v) is 4.41. The van der Waals surface area contributed by atoms with Crippen LogP contribution >= 0.6 is 0 Å². The molecule has 8 nitrogen and oxygen atoms in total. The van der Waals surface area contributed by atoms with Gasteiger partial charge in [0.1, 0.15) is 6.04 Å². The van der Waals surface area contributed by atoms with Gasteiger partial charge < -0.3 is 20.0 Å². The van der Waals surface area contributed by atoms with Gasteiger partial charge in [-0.05, 0) is 36.6 Å². The molecule has 0 saturated carbocycles. The highest BCUT2D eigenvalue weighted by atomic mass is 16.5. The molecule has 0 unspecified atom stereocenters. The molecule has 3 N–H and O–H groups in total. The molecule has 2 aromatic carbocycles. The largest absolute Gasteiger partial charge is 0.376 e. The van der Waals surface area contributed by atoms with E-state index in [1.165, 1.54) is 0 Å². The Hall–Kier alpha value is -3.65. The van der Waals surface area contributed by atoms with Gasteiger partial charge in [0.15, 0.2) is 0 Å². The van der Waals surface area contributed by atoms with Gasteiger partial charge in [0.05, 0.1) is 17.0 Å². The molecule has 0 aliphatic carbocycles. The maximum absolute atomic E-state index is 13.3. The Kier molecular flexibility index (Phi) is 5.36. The first-order chi connectivity index (χ1) is 15.6. The molecule has 0 bridgehead atoms. The number of rotatable bonds is 6. The summed E-state index contributed by atoms with van der Waals surface area (Å²) in [5.41, 5.74) is 1.15. The third-order valence-corrected chi connectivity index (χ3v) is 6.07. The fourth-order valence-electron chi connectivity index (χ4n) is 4.41. The van der Waals surface area contributed by atoms with Crippen molar-refractivity contribution in [3.8, 4) is 0 Å². The van der Waals surface area contributed by atoms with E-state index in [0.717, 1.165) is 33.9 Å². The predicted molar refractivity (Wildman–Crippen MR) is 122 cm³/mol. The molecular weight excluding hydrogens is 408 g/mol. The molecule has 0 spiro atoms. The topological polar surface area (TPSA) is 109 Å². The van der Waals surface area contributed by atoms with Gasteiger partial charge >= 0.3 is 5.69 Å². The normalized spacial score (nSPS) is 17.1. The molecule has 3 heterocycles. The monoisotopic (exact) mass is 432 g/mol. The van der Waals surface area contributed by atoms with Gasteiger partial charge in [-0.3, -0.25) is 9.59 Å². The summed E-state index contributed by atoms with van der Waals surface area (Å²) in [6, 6.07) is 13.5. The minimum Gasteiger partial charge on any atom is -0.376 e. The van der Waals surface area contributed by atoms with E-state index < -0.39 is 17.3 Å². The Morgan fingerprint density at radius 1 is 1.09 bits per heavy atom. The number of para-hydroxylation sites is 2. The van der Waals surface area contributed by atoms with Gasteiger partial charge in [0.25, 0.3) is 5.56 Å². The van der Waals surface area contributed by atoms with Crippen molar-refractivity contribution in [1.82, 2.24) is 19.9 Å². The minimum atomic E-state index is -1.00. The molecule has 2 aromatic heterocycles. The van der Waals surface area contributed by atoms with Crippen LogP contribution in [-0.2, 0) is 16.0 Å². The lowest BCUT2D eigenvalue weighted by Crippen LogP contribution is -2.46. The molecule has 1 fully saturated rings. The van der Waals surface area contributed by atoms with Gasteiger partial charge in [-0.1, -0.05) is 30.3 Å². The number of benzene rings is 2. The predicted octanol–water partition coefficient (Wildman–Crippen LogP) is 2.25. The van der Waals surface area contributed by atoms with Crippen LogP contribution in [0.15, 0.2) is 64.3 Å². The number of nitrogens with zero attached hydrogens (tertiary/aromatic N) is 1. The van der Waals surface area contributed by atoms with Gasteiger partial charge in [-0.15, -0.1) is 0 Å². The Balaban J connectivity index is 1.56. The smallest absolute Gasteiger partial charge is 0.329 e. The van der Waals surface area contributed by atoms with Crippen molar-refractivity contribution in [2.24, 2.45) is 0 Å². The lowest BCUT2D eigenvalue weighted by atomic mass is 10.0. The second kappa shape index (κ2) is 8.47. The van der Waals surface area contributed by atoms with Crippen molar-refractivity contribution in [1.29, 1.82) is 0 Å². The number of carbonyl (C=O) groups excluding carboxylic acids is 1. The van der Waals surface area contributed by atoms with Crippen molar-refractivity contribution < 1.29 is 9.53 Å². The molecule has 1 saturated heterocycles. The van der Waals surface area contributed by atoms with Crippen LogP contribution in [0.3, 0.4) is 0 Å². The molecule has 5 rings (SSSR count). The Bertz CT molecular complexity index is 1390. The fraction of sp³-hybridized carbons (Fsp3) is 0.292. The number of fused-ring (bicyclic) bond motifs is 2. The van der Waals surface area contributed by atoms with Gasteiger partial charge in [-0.2, -0.15) is 0 Å². The third-order valence-electron chi connectivity index (χ3n) is 6.07. The van der Waals surface area contributed by atoms with Crippen molar-refractivity contribution in [3.05, 3.63) is 81.1 Å². The van der Waals surface area contributed by atoms with E-state index in [4.69, 9.17) is 4.74 Å². The van der Waals surface area contributed by atoms with Crippen molar-refractivity contribution >= 4 is 27.7 Å². The maximum atomic E-state index is 13.3. The third kappa shape index (κ3) is 3.73. The lowest BCUT2D eigenvalue weighted by Gasteiger charge is -2.20. The average molecular weight is 432 g/mol. The summed E-state index contributed by atoms with van der Waals surface area (Å²) < 4.78 is 6.64. The zero-order valence-corrected chi connectivity index (χ0v) is 17.5. The standard InChI is InChI=1S/C24H24N4O4/c29-22(26-14-16-6-5-11-32-16)21(12-15-13-25-19-9-3-1-7-17(15)19)28-23(30)18-8-2-4-10-20(18)27-24(28)31/h1-4,7-10,13,16,21,25H,5-6,11-12,14H2,(H,26,29)(H,27,31)/t16-,21+/m0/s1. The first-order valence-corrected chi connectivity index (χ1v) is 10.8. The van der Waals surface area contributed by atoms with Crippen molar-refractivity contribution in [3.63, 3.8) is 0 Å². The highest BCUT2D eigenvalue weighted by Crippen LogP contribution is 2.22. The molecule has 4 aromatic rings. The minimum absolute atomic E-state index is 0.0423. The lowest BCUT2D eigenvalue weighted by molar-refractivity contribution is -0.125. The summed E-state index contributed by atoms with van der Waals surface area (Å²) >= 11 is 0. The SMILES string of the molecule is O=C(NC[C@@H]1CCCO1)[C@@H](Cc1c[nH]c2ccccc12)n1c(=O)[nH]c2ccccc2c1=O. The second-order valence-electron chi connectivity index (χ2n) is 8.11. The van der Waals surface area contributed by atoms with E-state index in [9.17, 15) is 14.4 Å². The van der Waals surface area contributed by atoms with Gasteiger partial charge in [-0.25, -0.2) is 9.36 Å². The Morgan fingerprint density at radius 3 is 2.62 bits per heavy atom. The number of aromatic amines is 2. The maximum Gasteiger partial charge on any atom is 0.329 e. The van der Waals surface area contributed by atoms with Crippen LogP contribution in [0.4, 0.5) is 0 Å². The number of amides is 1. The molecule has 164 valence electrons. The molecule has 1 amide bonds. The number of hydrogen-bond donors (Lipinski definition) is 3. The summed E-state index contributed by atoms with van der Waals surface area (Å²) in [5.74, 6) is -0.381. The van der Waals surface area contributed by atoms with Crippen LogP contribution in [-0.4, -0.2) is 39.7 Å². The van der Waals surface area contributed by atoms with E-state index in [1.807, 2.05) is 30.5 Å². The Labute approximate surface area is 183 Å². The van der Waals surface area contributed by atoms with Gasteiger partial charge in [0, 0.05) is 36.7 Å². The molecule has 1 aliphatic heterocycles. The van der Waals surface area contributed by atoms with Crippen LogP contribution in [0.5, 0.6) is 0 Å². The quantitative estimate of drug-likeness (QED) is 0.434. The van der Waals surface area contributed by atoms with E-state index in [0.29, 0.717) is 24.1 Å². The van der Waals surface area contributed by atoms with Crippen molar-refractivity contribution in [2.45, 2.75) is 31.4 Å². The van der Waals surface area contributed by atoms with E-state index in [1.54, 1.807) is 24.3 Å². The number of H-pyrrole nitrogens is 2. The van der Waals surface area contributed by atoms with E-state index >= 15 is 0 Å². The van der Waals surface area contributed by atoms with Gasteiger partial charge in [0.2, 0.25) is 5.91 Å². The van der Waals surface area contributed by atoms with E-state index in [2.05, 4.69) is 15.3 Å². The first kappa shape index (κ1) is 20.3. The molecule has 2 atom stereocenters. The van der Waals surface area contributed by atoms with E-state index in [-0.39, 0.29) is 18.4 Å². The number of nitrogens with one attached hydrogen (secondary N) is 3. The van der Waals surface area contributed by atoms with Crippen LogP contribution in [0, 0.1) is 0 Å². The van der Waals surface area contributed by atoms with Crippen LogP contribution in [0.1, 0.15) is 24.4 Å². The molecule has 0 radical (unpaired) electrons. The summed E-state index contributed by atoms with van der Waals surface area (Å²) in [5, 5.41) is 4.22. The molecule has 8 heteroatoms. The average Bonchev–Trinajstić information content (AvgIpc) is 3.47. The molecule has 1 aliphatic rings. The first-order valence-electron chi connectivity index (χ1n) is 10.8. The number of aromatic nitrogens is 3. The molecule has 32 heavy (non-hydrogen) atoms. The molecular formula is C24H24N4O4. The summed E-state index contributed by atoms with van der Waals surface area (Å²) in [4.78, 5) is 45.5. The van der Waals surface area contributed by atoms with Crippen LogP contribution in [0.25, 0.3) is 21.8 Å². The van der Waals surface area contributed by atoms with Crippen LogP contribution in [0.2, 0.25) is 0 Å². The summed E-state index contributed by atoms with van der Waals surface area (Å²) in [7, 11) is 0. The van der Waals surface area contributed by atoms with Crippen molar-refractivity contribution in [2.75, 3.05) is 13.2 Å². The highest BCUT2D eigenvalue weighted by Gasteiger charge is 2.27. The summed E-state index contributed by atoms with van der Waals surface area (Å²) in [6.07, 6.45) is 3.82. The number of carbonyl (C=O) groups is 1. The zero-order valence-electron chi connectivity index (χ0n) is 17.5. The summed E-state index contributed by atoms with van der Waals surface area (Å²) in [6.45, 7) is 1.03. The number of hydrogen-bond acceptors (Lipinski definition) is 4. The Morgan fingerprint density at radius 2 is 1.84 bits per heavy atom. The second-order valence-corrected chi connectivity index (χ2v) is 8.11.